The molecule has 0 aliphatic heterocycles. The highest BCUT2D eigenvalue weighted by atomic mass is 16.7. The van der Waals surface area contributed by atoms with Crippen LogP contribution in [0.15, 0.2) is 0 Å². The van der Waals surface area contributed by atoms with E-state index in [-0.39, 0.29) is 6.61 Å². The molecule has 0 heterocycles. The van der Waals surface area contributed by atoms with Crippen LogP contribution in [0.25, 0.3) is 0 Å². The van der Waals surface area contributed by atoms with Crippen LogP contribution >= 0.6 is 0 Å². The molecular weight excluding hydrogens is 186 g/mol. The molecule has 2 amide bonds. The van der Waals surface area contributed by atoms with Crippen LogP contribution in [0, 0.1) is 5.92 Å². The first kappa shape index (κ1) is 12.9. The molecule has 0 fully saturated rings. The zero-order valence-electron chi connectivity index (χ0n) is 8.45. The molecule has 0 spiro atoms. The molecule has 14 heavy (non-hydrogen) atoms. The smallest absolute Gasteiger partial charge is 0.260 e. The molecule has 5 N–H and O–H groups in total. The van der Waals surface area contributed by atoms with Gasteiger partial charge in [-0.25, -0.2) is 5.48 Å². The normalized spacial score (nSPS) is 12.6. The van der Waals surface area contributed by atoms with Gasteiger partial charge in [-0.3, -0.25) is 14.4 Å². The molecule has 0 aliphatic rings. The van der Waals surface area contributed by atoms with Crippen LogP contribution in [-0.2, 0) is 14.4 Å². The molecular formula is C8H17N3O3. The van der Waals surface area contributed by atoms with Crippen LogP contribution in [0.3, 0.4) is 0 Å². The van der Waals surface area contributed by atoms with E-state index in [1.807, 2.05) is 13.8 Å². The molecule has 0 unspecified atom stereocenters. The summed E-state index contributed by atoms with van der Waals surface area (Å²) in [6, 6.07) is -0.622. The van der Waals surface area contributed by atoms with Gasteiger partial charge in [0.05, 0.1) is 6.04 Å². The largest absolute Gasteiger partial charge is 0.368 e. The number of hydrogen-bond donors (Lipinski definition) is 3. The van der Waals surface area contributed by atoms with Crippen molar-refractivity contribution in [3.05, 3.63) is 0 Å². The lowest BCUT2D eigenvalue weighted by Gasteiger charge is -2.13. The summed E-state index contributed by atoms with van der Waals surface area (Å²) in [6.45, 7) is 3.56. The Morgan fingerprint density at radius 3 is 2.43 bits per heavy atom. The summed E-state index contributed by atoms with van der Waals surface area (Å²) in [5, 5.41) is 0. The van der Waals surface area contributed by atoms with Crippen molar-refractivity contribution in [1.82, 2.24) is 5.48 Å². The molecule has 1 atom stereocenters. The van der Waals surface area contributed by atoms with Gasteiger partial charge in [0, 0.05) is 0 Å². The lowest BCUT2D eigenvalue weighted by Crippen LogP contribution is -2.42. The number of hydroxylamine groups is 1. The molecule has 0 aromatic rings. The van der Waals surface area contributed by atoms with Crippen molar-refractivity contribution in [3.8, 4) is 0 Å². The van der Waals surface area contributed by atoms with E-state index in [2.05, 4.69) is 10.3 Å². The molecule has 6 heteroatoms. The van der Waals surface area contributed by atoms with Gasteiger partial charge in [0.2, 0.25) is 5.91 Å². The van der Waals surface area contributed by atoms with Crippen LogP contribution in [0.1, 0.15) is 20.3 Å². The fraction of sp³-hybridized carbons (Fsp3) is 0.750. The van der Waals surface area contributed by atoms with Gasteiger partial charge < -0.3 is 11.5 Å². The molecule has 0 rings (SSSR count). The topological polar surface area (TPSA) is 107 Å². The van der Waals surface area contributed by atoms with Crippen LogP contribution in [0.5, 0.6) is 0 Å². The van der Waals surface area contributed by atoms with Gasteiger partial charge in [-0.05, 0) is 12.3 Å². The van der Waals surface area contributed by atoms with E-state index in [0.717, 1.165) is 0 Å². The Hall–Kier alpha value is -1.14. The molecule has 0 aromatic carbocycles. The number of rotatable bonds is 6. The molecule has 0 saturated carbocycles. The minimum atomic E-state index is -0.650. The zero-order chi connectivity index (χ0) is 11.1. The number of primary amides is 1. The second-order valence-corrected chi connectivity index (χ2v) is 3.46. The van der Waals surface area contributed by atoms with Crippen molar-refractivity contribution < 1.29 is 14.4 Å². The van der Waals surface area contributed by atoms with Crippen molar-refractivity contribution in [2.75, 3.05) is 6.61 Å². The van der Waals surface area contributed by atoms with Gasteiger partial charge in [-0.15, -0.1) is 0 Å². The third-order valence-corrected chi connectivity index (χ3v) is 1.45. The predicted molar refractivity (Wildman–Crippen MR) is 50.7 cm³/mol. The first-order chi connectivity index (χ1) is 6.43. The minimum absolute atomic E-state index is 0.326. The van der Waals surface area contributed by atoms with Gasteiger partial charge in [0.25, 0.3) is 5.91 Å². The standard InChI is InChI=1S/C8H17N3O3/c1-5(2)3-6(9)8(13)11-14-4-7(10)12/h5-6H,3-4,9H2,1-2H3,(H2,10,12)(H,11,13)/t6-/m0/s1. The Kier molecular flexibility index (Phi) is 5.82. The van der Waals surface area contributed by atoms with Gasteiger partial charge in [0.1, 0.15) is 0 Å². The fourth-order valence-corrected chi connectivity index (χ4v) is 0.869. The first-order valence-electron chi connectivity index (χ1n) is 4.39. The van der Waals surface area contributed by atoms with Crippen LogP contribution in [-0.4, -0.2) is 24.5 Å². The number of hydrogen-bond acceptors (Lipinski definition) is 4. The van der Waals surface area contributed by atoms with E-state index >= 15 is 0 Å². The van der Waals surface area contributed by atoms with E-state index < -0.39 is 17.9 Å². The Bertz CT molecular complexity index is 206. The van der Waals surface area contributed by atoms with Crippen LogP contribution in [0.2, 0.25) is 0 Å². The summed E-state index contributed by atoms with van der Waals surface area (Å²) in [7, 11) is 0. The van der Waals surface area contributed by atoms with E-state index in [1.165, 1.54) is 0 Å². The Labute approximate surface area is 82.9 Å². The SMILES string of the molecule is CC(C)C[C@H](N)C(=O)NOCC(N)=O. The van der Waals surface area contributed by atoms with Crippen molar-refractivity contribution >= 4 is 11.8 Å². The molecule has 0 radical (unpaired) electrons. The zero-order valence-corrected chi connectivity index (χ0v) is 8.45. The van der Waals surface area contributed by atoms with Gasteiger partial charge >= 0.3 is 0 Å². The Morgan fingerprint density at radius 2 is 2.00 bits per heavy atom. The number of nitrogens with one attached hydrogen (secondary N) is 1. The Balaban J connectivity index is 3.67. The summed E-state index contributed by atoms with van der Waals surface area (Å²) in [5.41, 5.74) is 12.4. The molecule has 6 nitrogen and oxygen atoms in total. The lowest BCUT2D eigenvalue weighted by atomic mass is 10.0. The van der Waals surface area contributed by atoms with E-state index in [0.29, 0.717) is 12.3 Å². The summed E-state index contributed by atoms with van der Waals surface area (Å²) >= 11 is 0. The van der Waals surface area contributed by atoms with Crippen molar-refractivity contribution in [3.63, 3.8) is 0 Å². The summed E-state index contributed by atoms with van der Waals surface area (Å²) < 4.78 is 0. The highest BCUT2D eigenvalue weighted by Crippen LogP contribution is 2.02. The van der Waals surface area contributed by atoms with E-state index in [4.69, 9.17) is 11.5 Å². The van der Waals surface area contributed by atoms with Gasteiger partial charge in [-0.1, -0.05) is 13.8 Å². The molecule has 0 aromatic heterocycles. The second-order valence-electron chi connectivity index (χ2n) is 3.46. The van der Waals surface area contributed by atoms with Crippen LogP contribution < -0.4 is 16.9 Å². The summed E-state index contributed by atoms with van der Waals surface area (Å²) in [6.07, 6.45) is 0.561. The number of carbonyl (C=O) groups excluding carboxylic acids is 2. The summed E-state index contributed by atoms with van der Waals surface area (Å²) in [5.74, 6) is -0.769. The average molecular weight is 203 g/mol. The third kappa shape index (κ3) is 6.38. The Morgan fingerprint density at radius 1 is 1.43 bits per heavy atom. The third-order valence-electron chi connectivity index (χ3n) is 1.45. The maximum Gasteiger partial charge on any atom is 0.260 e. The molecule has 0 bridgehead atoms. The number of nitrogens with two attached hydrogens (primary N) is 2. The maximum atomic E-state index is 11.1. The quantitative estimate of drug-likeness (QED) is 0.476. The minimum Gasteiger partial charge on any atom is -0.368 e. The van der Waals surface area contributed by atoms with E-state index in [1.54, 1.807) is 0 Å². The molecule has 0 saturated heterocycles. The van der Waals surface area contributed by atoms with E-state index in [9.17, 15) is 9.59 Å². The van der Waals surface area contributed by atoms with Crippen LogP contribution in [0.4, 0.5) is 0 Å². The summed E-state index contributed by atoms with van der Waals surface area (Å²) in [4.78, 5) is 25.9. The molecule has 0 aliphatic carbocycles. The molecule has 82 valence electrons. The lowest BCUT2D eigenvalue weighted by molar-refractivity contribution is -0.139. The van der Waals surface area contributed by atoms with Gasteiger partial charge in [-0.2, -0.15) is 0 Å². The highest BCUT2D eigenvalue weighted by Gasteiger charge is 2.14. The number of amides is 2. The average Bonchev–Trinajstić information content (AvgIpc) is 2.01. The monoisotopic (exact) mass is 203 g/mol. The van der Waals surface area contributed by atoms with Gasteiger partial charge in [0.15, 0.2) is 6.61 Å². The predicted octanol–water partition coefficient (Wildman–Crippen LogP) is -1.11. The van der Waals surface area contributed by atoms with Crippen molar-refractivity contribution in [2.24, 2.45) is 17.4 Å². The highest BCUT2D eigenvalue weighted by molar-refractivity contribution is 5.81. The first-order valence-corrected chi connectivity index (χ1v) is 4.39. The van der Waals surface area contributed by atoms with Crippen molar-refractivity contribution in [2.45, 2.75) is 26.3 Å². The second kappa shape index (κ2) is 6.33. The fourth-order valence-electron chi connectivity index (χ4n) is 0.869. The number of carbonyl (C=O) groups is 2. The van der Waals surface area contributed by atoms with Crippen molar-refractivity contribution in [1.29, 1.82) is 0 Å². The maximum absolute atomic E-state index is 11.1.